The van der Waals surface area contributed by atoms with Gasteiger partial charge in [-0.25, -0.2) is 0 Å². The molecule has 1 rings (SSSR count). The Kier molecular flexibility index (Phi) is 3.40. The van der Waals surface area contributed by atoms with E-state index < -0.39 is 0 Å². The molecule has 2 heteroatoms. The second-order valence-corrected chi connectivity index (χ2v) is 3.80. The zero-order valence-electron chi connectivity index (χ0n) is 9.68. The number of ketones is 2. The first kappa shape index (κ1) is 11.6. The molecule has 0 aliphatic heterocycles. The van der Waals surface area contributed by atoms with E-state index in [1.54, 1.807) is 0 Å². The zero-order chi connectivity index (χ0) is 11.6. The summed E-state index contributed by atoms with van der Waals surface area (Å²) < 4.78 is 0. The molecule has 2 nitrogen and oxygen atoms in total. The van der Waals surface area contributed by atoms with Gasteiger partial charge in [0.2, 0.25) is 0 Å². The maximum Gasteiger partial charge on any atom is 0.160 e. The Morgan fingerprint density at radius 1 is 1.13 bits per heavy atom. The minimum Gasteiger partial charge on any atom is -0.294 e. The number of benzene rings is 1. The van der Waals surface area contributed by atoms with Gasteiger partial charge in [0.15, 0.2) is 11.6 Å². The Balaban J connectivity index is 3.49. The maximum atomic E-state index is 11.4. The number of rotatable bonds is 3. The first-order chi connectivity index (χ1) is 6.97. The fraction of sp³-hybridized carbons (Fsp3) is 0.385. The van der Waals surface area contributed by atoms with Crippen LogP contribution in [0.5, 0.6) is 0 Å². The van der Waals surface area contributed by atoms with E-state index >= 15 is 0 Å². The molecular formula is C13H16O2. The maximum absolute atomic E-state index is 11.4. The highest BCUT2D eigenvalue weighted by Crippen LogP contribution is 2.19. The van der Waals surface area contributed by atoms with Crippen LogP contribution >= 0.6 is 0 Å². The number of Topliss-reactive ketones (excluding diaryl/α,β-unsaturated/α-hetero) is 2. The summed E-state index contributed by atoms with van der Waals surface area (Å²) in [7, 11) is 0. The molecule has 0 saturated carbocycles. The van der Waals surface area contributed by atoms with E-state index in [4.69, 9.17) is 0 Å². The molecule has 0 radical (unpaired) electrons. The van der Waals surface area contributed by atoms with Gasteiger partial charge in [0.1, 0.15) is 0 Å². The van der Waals surface area contributed by atoms with Crippen LogP contribution in [0.25, 0.3) is 0 Å². The molecule has 15 heavy (non-hydrogen) atoms. The SMILES string of the molecule is CCc1cc(C)c(C(C)=O)c(C(C)=O)c1. The number of aryl methyl sites for hydroxylation is 2. The lowest BCUT2D eigenvalue weighted by atomic mass is 9.93. The van der Waals surface area contributed by atoms with Gasteiger partial charge in [-0.2, -0.15) is 0 Å². The molecule has 0 aromatic heterocycles. The molecular weight excluding hydrogens is 188 g/mol. The van der Waals surface area contributed by atoms with Crippen molar-refractivity contribution in [2.75, 3.05) is 0 Å². The van der Waals surface area contributed by atoms with E-state index in [0.29, 0.717) is 11.1 Å². The van der Waals surface area contributed by atoms with Crippen LogP contribution in [-0.2, 0) is 6.42 Å². The third kappa shape index (κ3) is 2.32. The van der Waals surface area contributed by atoms with Crippen molar-refractivity contribution < 1.29 is 9.59 Å². The van der Waals surface area contributed by atoms with Gasteiger partial charge in [-0.3, -0.25) is 9.59 Å². The second-order valence-electron chi connectivity index (χ2n) is 3.80. The van der Waals surface area contributed by atoms with Crippen molar-refractivity contribution in [3.05, 3.63) is 34.4 Å². The molecule has 1 aromatic rings. The van der Waals surface area contributed by atoms with Gasteiger partial charge in [-0.15, -0.1) is 0 Å². The van der Waals surface area contributed by atoms with Crippen LogP contribution in [0.4, 0.5) is 0 Å². The molecule has 80 valence electrons. The predicted molar refractivity (Wildman–Crippen MR) is 60.6 cm³/mol. The lowest BCUT2D eigenvalue weighted by Crippen LogP contribution is -2.07. The quantitative estimate of drug-likeness (QED) is 0.709. The first-order valence-electron chi connectivity index (χ1n) is 5.12. The zero-order valence-corrected chi connectivity index (χ0v) is 9.68. The van der Waals surface area contributed by atoms with Crippen molar-refractivity contribution >= 4 is 11.6 Å². The Morgan fingerprint density at radius 2 is 1.73 bits per heavy atom. The van der Waals surface area contributed by atoms with Crippen molar-refractivity contribution in [1.82, 2.24) is 0 Å². The summed E-state index contributed by atoms with van der Waals surface area (Å²) in [6, 6.07) is 3.80. The molecule has 0 amide bonds. The summed E-state index contributed by atoms with van der Waals surface area (Å²) in [6.07, 6.45) is 0.874. The highest BCUT2D eigenvalue weighted by molar-refractivity contribution is 6.08. The molecule has 0 atom stereocenters. The third-order valence-electron chi connectivity index (χ3n) is 2.53. The number of carbonyl (C=O) groups is 2. The molecule has 1 aromatic carbocycles. The minimum absolute atomic E-state index is 0.0413. The lowest BCUT2D eigenvalue weighted by Gasteiger charge is -2.10. The molecule has 0 fully saturated rings. The molecule has 0 unspecified atom stereocenters. The van der Waals surface area contributed by atoms with E-state index in [0.717, 1.165) is 17.5 Å². The second kappa shape index (κ2) is 4.39. The van der Waals surface area contributed by atoms with Gasteiger partial charge < -0.3 is 0 Å². The highest BCUT2D eigenvalue weighted by Gasteiger charge is 2.14. The van der Waals surface area contributed by atoms with Gasteiger partial charge >= 0.3 is 0 Å². The van der Waals surface area contributed by atoms with Gasteiger partial charge in [0, 0.05) is 11.1 Å². The third-order valence-corrected chi connectivity index (χ3v) is 2.53. The Morgan fingerprint density at radius 3 is 2.13 bits per heavy atom. The summed E-state index contributed by atoms with van der Waals surface area (Å²) in [6.45, 7) is 6.91. The van der Waals surface area contributed by atoms with Gasteiger partial charge in [-0.05, 0) is 44.4 Å². The van der Waals surface area contributed by atoms with Crippen LogP contribution in [0.2, 0.25) is 0 Å². The largest absolute Gasteiger partial charge is 0.294 e. The first-order valence-corrected chi connectivity index (χ1v) is 5.12. The van der Waals surface area contributed by atoms with Crippen molar-refractivity contribution in [2.45, 2.75) is 34.1 Å². The van der Waals surface area contributed by atoms with E-state index in [-0.39, 0.29) is 11.6 Å². The summed E-state index contributed by atoms with van der Waals surface area (Å²) in [5.41, 5.74) is 3.12. The van der Waals surface area contributed by atoms with Crippen LogP contribution in [0, 0.1) is 6.92 Å². The Labute approximate surface area is 90.3 Å². The molecule has 0 aliphatic rings. The Hall–Kier alpha value is -1.44. The van der Waals surface area contributed by atoms with Crippen molar-refractivity contribution in [3.63, 3.8) is 0 Å². The molecule has 0 spiro atoms. The van der Waals surface area contributed by atoms with Gasteiger partial charge in [0.25, 0.3) is 0 Å². The van der Waals surface area contributed by atoms with Crippen LogP contribution < -0.4 is 0 Å². The van der Waals surface area contributed by atoms with E-state index in [1.807, 2.05) is 26.0 Å². The molecule has 0 bridgehead atoms. The summed E-state index contributed by atoms with van der Waals surface area (Å²) >= 11 is 0. The highest BCUT2D eigenvalue weighted by atomic mass is 16.1. The van der Waals surface area contributed by atoms with Crippen molar-refractivity contribution in [1.29, 1.82) is 0 Å². The summed E-state index contributed by atoms with van der Waals surface area (Å²) in [4.78, 5) is 22.9. The fourth-order valence-electron chi connectivity index (χ4n) is 1.81. The Bertz CT molecular complexity index is 417. The monoisotopic (exact) mass is 204 g/mol. The van der Waals surface area contributed by atoms with Crippen LogP contribution in [0.1, 0.15) is 52.6 Å². The number of hydrogen-bond donors (Lipinski definition) is 0. The topological polar surface area (TPSA) is 34.1 Å². The predicted octanol–water partition coefficient (Wildman–Crippen LogP) is 2.96. The fourth-order valence-corrected chi connectivity index (χ4v) is 1.81. The summed E-state index contributed by atoms with van der Waals surface area (Å²) in [5, 5.41) is 0. The van der Waals surface area contributed by atoms with Crippen LogP contribution in [0.15, 0.2) is 12.1 Å². The normalized spacial score (nSPS) is 10.1. The van der Waals surface area contributed by atoms with Crippen LogP contribution in [0.3, 0.4) is 0 Å². The molecule has 0 saturated heterocycles. The minimum atomic E-state index is -0.0430. The van der Waals surface area contributed by atoms with Crippen molar-refractivity contribution in [2.24, 2.45) is 0 Å². The standard InChI is InChI=1S/C13H16O2/c1-5-11-6-8(2)13(10(4)15)12(7-11)9(3)14/h6-7H,5H2,1-4H3. The van der Waals surface area contributed by atoms with Crippen LogP contribution in [-0.4, -0.2) is 11.6 Å². The molecule has 0 aliphatic carbocycles. The number of hydrogen-bond acceptors (Lipinski definition) is 2. The van der Waals surface area contributed by atoms with Crippen molar-refractivity contribution in [3.8, 4) is 0 Å². The van der Waals surface area contributed by atoms with Gasteiger partial charge in [-0.1, -0.05) is 13.0 Å². The van der Waals surface area contributed by atoms with E-state index in [9.17, 15) is 9.59 Å². The van der Waals surface area contributed by atoms with E-state index in [1.165, 1.54) is 13.8 Å². The smallest absolute Gasteiger partial charge is 0.160 e. The van der Waals surface area contributed by atoms with E-state index in [2.05, 4.69) is 0 Å². The van der Waals surface area contributed by atoms with Gasteiger partial charge in [0.05, 0.1) is 0 Å². The number of carbonyl (C=O) groups excluding carboxylic acids is 2. The average Bonchev–Trinajstić information content (AvgIpc) is 2.15. The molecule has 0 N–H and O–H groups in total. The average molecular weight is 204 g/mol. The molecule has 0 heterocycles. The summed E-state index contributed by atoms with van der Waals surface area (Å²) in [5.74, 6) is -0.0843. The lowest BCUT2D eigenvalue weighted by molar-refractivity contribution is 0.0980.